The first kappa shape index (κ1) is 24.1. The van der Waals surface area contributed by atoms with Crippen LogP contribution in [0.2, 0.25) is 18.1 Å². The summed E-state index contributed by atoms with van der Waals surface area (Å²) in [7, 11) is -1.71. The SMILES string of the molecule is CCCOC[C@](CCC)(CCO[Si](C)(C)C(C)(C)C)COCCN. The number of ether oxygens (including phenoxy) is 2. The van der Waals surface area contributed by atoms with Crippen molar-refractivity contribution >= 4 is 8.32 Å². The smallest absolute Gasteiger partial charge is 0.191 e. The molecule has 0 aliphatic heterocycles. The summed E-state index contributed by atoms with van der Waals surface area (Å²) in [6, 6.07) is 0. The Morgan fingerprint density at radius 3 is 1.88 bits per heavy atom. The molecule has 0 spiro atoms. The largest absolute Gasteiger partial charge is 0.417 e. The van der Waals surface area contributed by atoms with E-state index in [0.29, 0.717) is 19.8 Å². The first-order valence-electron chi connectivity index (χ1n) is 9.63. The number of hydrogen-bond donors (Lipinski definition) is 1. The highest BCUT2D eigenvalue weighted by Gasteiger charge is 2.38. The molecule has 5 heteroatoms. The average molecular weight is 362 g/mol. The van der Waals surface area contributed by atoms with Crippen LogP contribution in [0.1, 0.15) is 60.3 Å². The minimum absolute atomic E-state index is 0.0431. The second-order valence-electron chi connectivity index (χ2n) is 8.50. The summed E-state index contributed by atoms with van der Waals surface area (Å²) in [4.78, 5) is 0. The molecule has 0 fully saturated rings. The van der Waals surface area contributed by atoms with Crippen LogP contribution in [-0.2, 0) is 13.9 Å². The summed E-state index contributed by atoms with van der Waals surface area (Å²) in [6.07, 6.45) is 4.26. The van der Waals surface area contributed by atoms with Crippen LogP contribution in [0.3, 0.4) is 0 Å². The number of rotatable bonds is 14. The van der Waals surface area contributed by atoms with Gasteiger partial charge in [-0.15, -0.1) is 0 Å². The second-order valence-corrected chi connectivity index (χ2v) is 13.3. The molecule has 24 heavy (non-hydrogen) atoms. The molecule has 0 aliphatic carbocycles. The molecule has 1 atom stereocenters. The Labute approximate surface area is 151 Å². The predicted molar refractivity (Wildman–Crippen MR) is 106 cm³/mol. The van der Waals surface area contributed by atoms with Gasteiger partial charge in [0.25, 0.3) is 0 Å². The third kappa shape index (κ3) is 8.95. The molecule has 146 valence electrons. The van der Waals surface area contributed by atoms with Crippen molar-refractivity contribution in [3.63, 3.8) is 0 Å². The molecule has 0 bridgehead atoms. The molecule has 0 rings (SSSR count). The zero-order chi connectivity index (χ0) is 18.7. The van der Waals surface area contributed by atoms with Crippen molar-refractivity contribution in [1.82, 2.24) is 0 Å². The first-order valence-corrected chi connectivity index (χ1v) is 12.5. The monoisotopic (exact) mass is 361 g/mol. The maximum absolute atomic E-state index is 6.41. The molecule has 0 aromatic rings. The minimum Gasteiger partial charge on any atom is -0.417 e. The second kappa shape index (κ2) is 11.6. The van der Waals surface area contributed by atoms with Crippen molar-refractivity contribution in [2.24, 2.45) is 11.1 Å². The maximum atomic E-state index is 6.41. The van der Waals surface area contributed by atoms with Gasteiger partial charge in [-0.2, -0.15) is 0 Å². The highest BCUT2D eigenvalue weighted by Crippen LogP contribution is 2.38. The standard InChI is InChI=1S/C19H43NO3Si/c1-8-10-19(16-21-13-9-2,17-22-15-12-20)11-14-23-24(6,7)18(3,4)5/h8-17,20H2,1-7H3/t19-/m0/s1. The van der Waals surface area contributed by atoms with E-state index in [1.54, 1.807) is 0 Å². The van der Waals surface area contributed by atoms with Crippen molar-refractivity contribution < 1.29 is 13.9 Å². The molecule has 0 aromatic carbocycles. The van der Waals surface area contributed by atoms with Crippen LogP contribution in [0.15, 0.2) is 0 Å². The molecule has 0 aromatic heterocycles. The van der Waals surface area contributed by atoms with Crippen molar-refractivity contribution in [2.45, 2.75) is 78.4 Å². The molecule has 0 aliphatic rings. The van der Waals surface area contributed by atoms with E-state index in [-0.39, 0.29) is 10.5 Å². The van der Waals surface area contributed by atoms with Crippen molar-refractivity contribution in [3.8, 4) is 0 Å². The third-order valence-corrected chi connectivity index (χ3v) is 9.65. The molecule has 4 nitrogen and oxygen atoms in total. The molecule has 0 radical (unpaired) electrons. The van der Waals surface area contributed by atoms with E-state index in [2.05, 4.69) is 47.7 Å². The van der Waals surface area contributed by atoms with Gasteiger partial charge in [0.05, 0.1) is 19.8 Å². The van der Waals surface area contributed by atoms with Gasteiger partial charge in [-0.25, -0.2) is 0 Å². The highest BCUT2D eigenvalue weighted by molar-refractivity contribution is 6.74. The molecule has 0 saturated heterocycles. The van der Waals surface area contributed by atoms with Gasteiger partial charge in [0.2, 0.25) is 0 Å². The Morgan fingerprint density at radius 1 is 0.833 bits per heavy atom. The lowest BCUT2D eigenvalue weighted by Crippen LogP contribution is -2.42. The number of hydrogen-bond acceptors (Lipinski definition) is 4. The van der Waals surface area contributed by atoms with Crippen LogP contribution < -0.4 is 5.73 Å². The Balaban J connectivity index is 4.81. The topological polar surface area (TPSA) is 53.7 Å². The fourth-order valence-electron chi connectivity index (χ4n) is 2.53. The molecule has 0 amide bonds. The quantitative estimate of drug-likeness (QED) is 0.363. The van der Waals surface area contributed by atoms with Crippen LogP contribution in [0.4, 0.5) is 0 Å². The van der Waals surface area contributed by atoms with Gasteiger partial charge < -0.3 is 19.6 Å². The molecular formula is C19H43NO3Si. The van der Waals surface area contributed by atoms with Gasteiger partial charge >= 0.3 is 0 Å². The molecular weight excluding hydrogens is 318 g/mol. The summed E-state index contributed by atoms with van der Waals surface area (Å²) in [5, 5.41) is 0.245. The number of nitrogens with two attached hydrogens (primary N) is 1. The van der Waals surface area contributed by atoms with Crippen LogP contribution in [0, 0.1) is 5.41 Å². The van der Waals surface area contributed by atoms with E-state index in [0.717, 1.165) is 45.5 Å². The lowest BCUT2D eigenvalue weighted by Gasteiger charge is -2.38. The molecule has 2 N–H and O–H groups in total. The average Bonchev–Trinajstić information content (AvgIpc) is 2.46. The van der Waals surface area contributed by atoms with E-state index in [4.69, 9.17) is 19.6 Å². The van der Waals surface area contributed by atoms with E-state index >= 15 is 0 Å². The van der Waals surface area contributed by atoms with Crippen molar-refractivity contribution in [3.05, 3.63) is 0 Å². The summed E-state index contributed by atoms with van der Waals surface area (Å²) < 4.78 is 18.2. The third-order valence-electron chi connectivity index (χ3n) is 5.11. The first-order chi connectivity index (χ1) is 11.1. The molecule has 0 saturated carbocycles. The normalized spacial score (nSPS) is 15.5. The summed E-state index contributed by atoms with van der Waals surface area (Å²) >= 11 is 0. The van der Waals surface area contributed by atoms with Gasteiger partial charge in [0.15, 0.2) is 8.32 Å². The van der Waals surface area contributed by atoms with Crippen molar-refractivity contribution in [1.29, 1.82) is 0 Å². The van der Waals surface area contributed by atoms with E-state index < -0.39 is 8.32 Å². The summed E-state index contributed by atoms with van der Waals surface area (Å²) in [5.74, 6) is 0. The lowest BCUT2D eigenvalue weighted by atomic mass is 9.82. The zero-order valence-electron chi connectivity index (χ0n) is 17.4. The van der Waals surface area contributed by atoms with Gasteiger partial charge in [-0.05, 0) is 37.4 Å². The Hall–Kier alpha value is 0.0569. The van der Waals surface area contributed by atoms with Crippen LogP contribution in [0.25, 0.3) is 0 Å². The maximum Gasteiger partial charge on any atom is 0.191 e. The molecule has 0 heterocycles. The van der Waals surface area contributed by atoms with Gasteiger partial charge in [0, 0.05) is 25.2 Å². The van der Waals surface area contributed by atoms with E-state index in [9.17, 15) is 0 Å². The lowest BCUT2D eigenvalue weighted by molar-refractivity contribution is -0.0371. The Morgan fingerprint density at radius 2 is 1.42 bits per heavy atom. The Bertz CT molecular complexity index is 306. The molecule has 0 unspecified atom stereocenters. The highest BCUT2D eigenvalue weighted by atomic mass is 28.4. The minimum atomic E-state index is -1.71. The Kier molecular flexibility index (Phi) is 11.7. The van der Waals surface area contributed by atoms with E-state index in [1.165, 1.54) is 0 Å². The van der Waals surface area contributed by atoms with Crippen LogP contribution in [-0.4, -0.2) is 47.9 Å². The fraction of sp³-hybridized carbons (Fsp3) is 1.00. The van der Waals surface area contributed by atoms with E-state index in [1.807, 2.05) is 0 Å². The van der Waals surface area contributed by atoms with Gasteiger partial charge in [-0.3, -0.25) is 0 Å². The zero-order valence-corrected chi connectivity index (χ0v) is 18.4. The van der Waals surface area contributed by atoms with Gasteiger partial charge in [0.1, 0.15) is 0 Å². The predicted octanol–water partition coefficient (Wildman–Crippen LogP) is 4.59. The summed E-state index contributed by atoms with van der Waals surface area (Å²) in [5.41, 5.74) is 5.63. The van der Waals surface area contributed by atoms with Crippen LogP contribution >= 0.6 is 0 Å². The van der Waals surface area contributed by atoms with Gasteiger partial charge in [-0.1, -0.05) is 41.0 Å². The van der Waals surface area contributed by atoms with Crippen LogP contribution in [0.5, 0.6) is 0 Å². The van der Waals surface area contributed by atoms with Crippen molar-refractivity contribution in [2.75, 3.05) is 39.6 Å². The summed E-state index contributed by atoms with van der Waals surface area (Å²) in [6.45, 7) is 20.1. The fourth-order valence-corrected chi connectivity index (χ4v) is 3.58.